The fraction of sp³-hybridized carbons (Fsp3) is 0.348. The van der Waals surface area contributed by atoms with Gasteiger partial charge in [-0.05, 0) is 37.1 Å². The van der Waals surface area contributed by atoms with Crippen molar-refractivity contribution in [1.82, 2.24) is 0 Å². The van der Waals surface area contributed by atoms with E-state index in [1.807, 2.05) is 6.07 Å². The number of benzene rings is 2. The third kappa shape index (κ3) is 11.5. The molecule has 0 aliphatic rings. The standard InChI is InChI=1S/C13H10O3.C10H18O4/c14-12-9-5-4-8-11(12)13(15)16-10-6-2-1-3-7-10;11-9(12)7-5-3-1-2-4-6-8-10(13)14/h1-9,14H;1-8H2,(H,11,12)(H,13,14). The Bertz CT molecular complexity index is 767. The lowest BCUT2D eigenvalue weighted by Gasteiger charge is -2.04. The van der Waals surface area contributed by atoms with Gasteiger partial charge < -0.3 is 20.1 Å². The van der Waals surface area contributed by atoms with Crippen molar-refractivity contribution in [2.45, 2.75) is 51.4 Å². The number of rotatable bonds is 11. The third-order valence-corrected chi connectivity index (χ3v) is 4.11. The fourth-order valence-corrected chi connectivity index (χ4v) is 2.56. The maximum Gasteiger partial charge on any atom is 0.347 e. The van der Waals surface area contributed by atoms with Gasteiger partial charge in [-0.1, -0.05) is 56.0 Å². The highest BCUT2D eigenvalue weighted by atomic mass is 16.5. The van der Waals surface area contributed by atoms with Crippen LogP contribution in [0.3, 0.4) is 0 Å². The van der Waals surface area contributed by atoms with E-state index < -0.39 is 17.9 Å². The molecule has 162 valence electrons. The number of ether oxygens (including phenoxy) is 1. The van der Waals surface area contributed by atoms with Crippen LogP contribution in [-0.2, 0) is 9.59 Å². The highest BCUT2D eigenvalue weighted by Gasteiger charge is 2.12. The normalized spacial score (nSPS) is 9.87. The van der Waals surface area contributed by atoms with Crippen molar-refractivity contribution in [1.29, 1.82) is 0 Å². The maximum absolute atomic E-state index is 11.7. The third-order valence-electron chi connectivity index (χ3n) is 4.11. The molecule has 30 heavy (non-hydrogen) atoms. The quantitative estimate of drug-likeness (QED) is 0.271. The van der Waals surface area contributed by atoms with Gasteiger partial charge in [0.1, 0.15) is 17.1 Å². The molecule has 0 unspecified atom stereocenters. The molecule has 0 aliphatic heterocycles. The van der Waals surface area contributed by atoms with Crippen LogP contribution in [0.4, 0.5) is 0 Å². The maximum atomic E-state index is 11.7. The van der Waals surface area contributed by atoms with Gasteiger partial charge in [0, 0.05) is 12.8 Å². The van der Waals surface area contributed by atoms with Crippen LogP contribution in [0.15, 0.2) is 54.6 Å². The van der Waals surface area contributed by atoms with Crippen LogP contribution >= 0.6 is 0 Å². The van der Waals surface area contributed by atoms with Gasteiger partial charge in [0.15, 0.2) is 0 Å². The van der Waals surface area contributed by atoms with E-state index in [0.29, 0.717) is 5.75 Å². The van der Waals surface area contributed by atoms with E-state index in [9.17, 15) is 19.5 Å². The van der Waals surface area contributed by atoms with Crippen molar-refractivity contribution in [3.63, 3.8) is 0 Å². The van der Waals surface area contributed by atoms with Crippen LogP contribution in [0.25, 0.3) is 0 Å². The van der Waals surface area contributed by atoms with E-state index in [1.165, 1.54) is 12.1 Å². The molecule has 0 amide bonds. The molecule has 2 aromatic rings. The van der Waals surface area contributed by atoms with Crippen molar-refractivity contribution < 1.29 is 34.4 Å². The molecule has 2 aromatic carbocycles. The summed E-state index contributed by atoms with van der Waals surface area (Å²) < 4.78 is 5.08. The number of para-hydroxylation sites is 2. The Balaban J connectivity index is 0.000000304. The summed E-state index contributed by atoms with van der Waals surface area (Å²) in [4.78, 5) is 31.9. The zero-order valence-electron chi connectivity index (χ0n) is 16.8. The lowest BCUT2D eigenvalue weighted by atomic mass is 10.1. The number of carbonyl (C=O) groups is 3. The number of hydrogen-bond acceptors (Lipinski definition) is 5. The topological polar surface area (TPSA) is 121 Å². The van der Waals surface area contributed by atoms with Crippen LogP contribution in [0.5, 0.6) is 11.5 Å². The zero-order chi connectivity index (χ0) is 22.2. The number of aliphatic carboxylic acids is 2. The lowest BCUT2D eigenvalue weighted by molar-refractivity contribution is -0.138. The molecule has 0 fully saturated rings. The number of esters is 1. The second-order valence-corrected chi connectivity index (χ2v) is 6.63. The van der Waals surface area contributed by atoms with Crippen LogP contribution in [0.1, 0.15) is 61.7 Å². The number of carbonyl (C=O) groups excluding carboxylic acids is 1. The number of phenols is 1. The first-order chi connectivity index (χ1) is 14.4. The largest absolute Gasteiger partial charge is 0.507 e. The highest BCUT2D eigenvalue weighted by molar-refractivity contribution is 5.93. The summed E-state index contributed by atoms with van der Waals surface area (Å²) in [6, 6.07) is 15.0. The molecule has 0 radical (unpaired) electrons. The van der Waals surface area contributed by atoms with Gasteiger partial charge >= 0.3 is 17.9 Å². The number of carboxylic acid groups (broad SMARTS) is 2. The van der Waals surface area contributed by atoms with E-state index in [2.05, 4.69) is 0 Å². The van der Waals surface area contributed by atoms with Crippen LogP contribution in [-0.4, -0.2) is 33.2 Å². The first kappa shape index (κ1) is 24.7. The molecule has 0 atom stereocenters. The number of carboxylic acids is 2. The second-order valence-electron chi connectivity index (χ2n) is 6.63. The summed E-state index contributed by atoms with van der Waals surface area (Å²) >= 11 is 0. The van der Waals surface area contributed by atoms with Crippen LogP contribution in [0.2, 0.25) is 0 Å². The molecule has 0 aromatic heterocycles. The molecule has 0 bridgehead atoms. The number of aromatic hydroxyl groups is 1. The summed E-state index contributed by atoms with van der Waals surface area (Å²) in [6.07, 6.45) is 5.82. The molecule has 0 spiro atoms. The minimum absolute atomic E-state index is 0.0802. The lowest BCUT2D eigenvalue weighted by Crippen LogP contribution is -2.08. The molecule has 0 saturated carbocycles. The Morgan fingerprint density at radius 2 is 1.13 bits per heavy atom. The number of phenolic OH excluding ortho intramolecular Hbond substituents is 1. The molecule has 2 rings (SSSR count). The highest BCUT2D eigenvalue weighted by Crippen LogP contribution is 2.18. The predicted octanol–water partition coefficient (Wildman–Crippen LogP) is 4.89. The van der Waals surface area contributed by atoms with Gasteiger partial charge in [0.25, 0.3) is 0 Å². The Kier molecular flexibility index (Phi) is 12.0. The smallest absolute Gasteiger partial charge is 0.347 e. The minimum Gasteiger partial charge on any atom is -0.507 e. The van der Waals surface area contributed by atoms with E-state index in [-0.39, 0.29) is 24.2 Å². The van der Waals surface area contributed by atoms with E-state index in [4.69, 9.17) is 14.9 Å². The van der Waals surface area contributed by atoms with Crippen molar-refractivity contribution in [3.8, 4) is 11.5 Å². The first-order valence-electron chi connectivity index (χ1n) is 9.89. The summed E-state index contributed by atoms with van der Waals surface area (Å²) in [5, 5.41) is 26.2. The Morgan fingerprint density at radius 3 is 1.63 bits per heavy atom. The summed E-state index contributed by atoms with van der Waals surface area (Å²) in [6.45, 7) is 0. The van der Waals surface area contributed by atoms with Gasteiger partial charge in [-0.2, -0.15) is 0 Å². The summed E-state index contributed by atoms with van der Waals surface area (Å²) in [5.74, 6) is -1.67. The predicted molar refractivity (Wildman–Crippen MR) is 112 cm³/mol. The fourth-order valence-electron chi connectivity index (χ4n) is 2.56. The number of hydrogen-bond donors (Lipinski definition) is 3. The van der Waals surface area contributed by atoms with Gasteiger partial charge in [0.05, 0.1) is 0 Å². The molecule has 0 aliphatic carbocycles. The number of unbranched alkanes of at least 4 members (excludes halogenated alkanes) is 5. The molecular weight excluding hydrogens is 388 g/mol. The average molecular weight is 416 g/mol. The molecule has 7 nitrogen and oxygen atoms in total. The van der Waals surface area contributed by atoms with Gasteiger partial charge in [-0.15, -0.1) is 0 Å². The molecule has 7 heteroatoms. The Hall–Kier alpha value is -3.35. The molecule has 3 N–H and O–H groups in total. The van der Waals surface area contributed by atoms with E-state index in [1.54, 1.807) is 36.4 Å². The van der Waals surface area contributed by atoms with Crippen molar-refractivity contribution in [3.05, 3.63) is 60.2 Å². The Morgan fingerprint density at radius 1 is 0.667 bits per heavy atom. The Labute approximate surface area is 175 Å². The SMILES string of the molecule is O=C(O)CCCCCCCCC(=O)O.O=C(Oc1ccccc1)c1ccccc1O. The van der Waals surface area contributed by atoms with Crippen molar-refractivity contribution in [2.75, 3.05) is 0 Å². The van der Waals surface area contributed by atoms with Crippen LogP contribution in [0, 0.1) is 0 Å². The molecule has 0 saturated heterocycles. The van der Waals surface area contributed by atoms with Gasteiger partial charge in [0.2, 0.25) is 0 Å². The van der Waals surface area contributed by atoms with Gasteiger partial charge in [-0.3, -0.25) is 9.59 Å². The minimum atomic E-state index is -0.740. The van der Waals surface area contributed by atoms with Crippen molar-refractivity contribution >= 4 is 17.9 Å². The molecular formula is C23H28O7. The second kappa shape index (κ2) is 14.6. The first-order valence-corrected chi connectivity index (χ1v) is 9.89. The monoisotopic (exact) mass is 416 g/mol. The molecule has 0 heterocycles. The zero-order valence-corrected chi connectivity index (χ0v) is 16.8. The average Bonchev–Trinajstić information content (AvgIpc) is 2.71. The van der Waals surface area contributed by atoms with Crippen molar-refractivity contribution in [2.24, 2.45) is 0 Å². The van der Waals surface area contributed by atoms with E-state index in [0.717, 1.165) is 38.5 Å². The van der Waals surface area contributed by atoms with Gasteiger partial charge in [-0.25, -0.2) is 4.79 Å². The summed E-state index contributed by atoms with van der Waals surface area (Å²) in [5.41, 5.74) is 0.159. The van der Waals surface area contributed by atoms with E-state index >= 15 is 0 Å². The van der Waals surface area contributed by atoms with Crippen LogP contribution < -0.4 is 4.74 Å². The summed E-state index contributed by atoms with van der Waals surface area (Å²) in [7, 11) is 0.